The maximum absolute atomic E-state index is 12.4. The van der Waals surface area contributed by atoms with E-state index in [0.29, 0.717) is 5.16 Å². The lowest BCUT2D eigenvalue weighted by atomic mass is 10.1. The molecule has 0 aliphatic carbocycles. The van der Waals surface area contributed by atoms with Gasteiger partial charge in [0.05, 0.1) is 29.9 Å². The molecule has 29 heavy (non-hydrogen) atoms. The summed E-state index contributed by atoms with van der Waals surface area (Å²) in [5.74, 6) is 0.242. The average Bonchev–Trinajstić information content (AvgIpc) is 3.10. The molecule has 0 saturated carbocycles. The van der Waals surface area contributed by atoms with Crippen LogP contribution in [0.1, 0.15) is 18.1 Å². The first-order valence-corrected chi connectivity index (χ1v) is 10.1. The van der Waals surface area contributed by atoms with E-state index >= 15 is 0 Å². The van der Waals surface area contributed by atoms with Crippen LogP contribution in [0.15, 0.2) is 41.6 Å². The molecule has 152 valence electrons. The molecule has 1 atom stereocenters. The van der Waals surface area contributed by atoms with Gasteiger partial charge in [-0.25, -0.2) is 4.98 Å². The predicted molar refractivity (Wildman–Crippen MR) is 116 cm³/mol. The molecule has 3 rings (SSSR count). The lowest BCUT2D eigenvalue weighted by Gasteiger charge is -2.13. The van der Waals surface area contributed by atoms with Crippen LogP contribution < -0.4 is 15.4 Å². The Hall–Kier alpha value is -3.00. The van der Waals surface area contributed by atoms with E-state index in [0.717, 1.165) is 33.6 Å². The number of hydrogen-bond acceptors (Lipinski definition) is 5. The lowest BCUT2D eigenvalue weighted by molar-refractivity contribution is -0.123. The van der Waals surface area contributed by atoms with Crippen molar-refractivity contribution in [2.45, 2.75) is 31.2 Å². The van der Waals surface area contributed by atoms with Crippen LogP contribution in [0.4, 0.5) is 5.69 Å². The summed E-state index contributed by atoms with van der Waals surface area (Å²) in [6, 6.07) is 11.4. The molecule has 1 unspecified atom stereocenters. The number of amides is 2. The van der Waals surface area contributed by atoms with Crippen LogP contribution in [0, 0.1) is 13.8 Å². The highest BCUT2D eigenvalue weighted by atomic mass is 32.2. The average molecular weight is 413 g/mol. The van der Waals surface area contributed by atoms with E-state index in [1.807, 2.05) is 50.2 Å². The number of carbonyl (C=O) groups excluding carboxylic acids is 2. The van der Waals surface area contributed by atoms with Gasteiger partial charge in [-0.05, 0) is 44.0 Å². The number of nitrogens with one attached hydrogen (secondary N) is 3. The van der Waals surface area contributed by atoms with Crippen molar-refractivity contribution < 1.29 is 14.3 Å². The third kappa shape index (κ3) is 5.08. The SMILES string of the molecule is COc1ccc2nc(SC(C)C(=O)NCC(=O)Nc3c(C)cccc3C)[nH]c2c1. The van der Waals surface area contributed by atoms with Crippen molar-refractivity contribution in [3.05, 3.63) is 47.5 Å². The largest absolute Gasteiger partial charge is 0.497 e. The zero-order valence-electron chi connectivity index (χ0n) is 16.8. The fraction of sp³-hybridized carbons (Fsp3) is 0.286. The number of aromatic nitrogens is 2. The summed E-state index contributed by atoms with van der Waals surface area (Å²) in [7, 11) is 1.61. The molecule has 1 aromatic heterocycles. The third-order valence-corrected chi connectivity index (χ3v) is 5.48. The topological polar surface area (TPSA) is 96.1 Å². The number of benzene rings is 2. The molecule has 3 aromatic rings. The van der Waals surface area contributed by atoms with Gasteiger partial charge in [-0.3, -0.25) is 9.59 Å². The van der Waals surface area contributed by atoms with E-state index in [1.165, 1.54) is 11.8 Å². The first-order chi connectivity index (χ1) is 13.9. The fourth-order valence-corrected chi connectivity index (χ4v) is 3.72. The van der Waals surface area contributed by atoms with Gasteiger partial charge >= 0.3 is 0 Å². The number of methoxy groups -OCH3 is 1. The van der Waals surface area contributed by atoms with Crippen LogP contribution in [-0.4, -0.2) is 40.7 Å². The lowest BCUT2D eigenvalue weighted by Crippen LogP contribution is -2.37. The number of rotatable bonds is 7. The van der Waals surface area contributed by atoms with Crippen molar-refractivity contribution in [3.63, 3.8) is 0 Å². The van der Waals surface area contributed by atoms with E-state index in [2.05, 4.69) is 20.6 Å². The fourth-order valence-electron chi connectivity index (χ4n) is 2.88. The normalized spacial score (nSPS) is 11.9. The van der Waals surface area contributed by atoms with Crippen LogP contribution in [0.5, 0.6) is 5.75 Å². The van der Waals surface area contributed by atoms with Crippen molar-refractivity contribution >= 4 is 40.3 Å². The highest BCUT2D eigenvalue weighted by Gasteiger charge is 2.18. The number of nitrogens with zero attached hydrogens (tertiary/aromatic N) is 1. The number of thioether (sulfide) groups is 1. The Morgan fingerprint density at radius 2 is 1.93 bits per heavy atom. The monoisotopic (exact) mass is 412 g/mol. The van der Waals surface area contributed by atoms with Crippen molar-refractivity contribution in [1.29, 1.82) is 0 Å². The Kier molecular flexibility index (Phi) is 6.43. The molecule has 0 aliphatic rings. The van der Waals surface area contributed by atoms with Gasteiger partial charge in [0.15, 0.2) is 5.16 Å². The van der Waals surface area contributed by atoms with Gasteiger partial charge < -0.3 is 20.4 Å². The summed E-state index contributed by atoms with van der Waals surface area (Å²) in [6.45, 7) is 5.55. The molecule has 2 aromatic carbocycles. The number of aromatic amines is 1. The number of para-hydroxylation sites is 1. The molecule has 7 nitrogen and oxygen atoms in total. The molecule has 0 aliphatic heterocycles. The van der Waals surface area contributed by atoms with Gasteiger partial charge in [0.2, 0.25) is 11.8 Å². The first kappa shape index (κ1) is 20.7. The maximum Gasteiger partial charge on any atom is 0.243 e. The second-order valence-electron chi connectivity index (χ2n) is 6.72. The van der Waals surface area contributed by atoms with E-state index in [-0.39, 0.29) is 18.4 Å². The first-order valence-electron chi connectivity index (χ1n) is 9.21. The van der Waals surface area contributed by atoms with Crippen molar-refractivity contribution in [2.75, 3.05) is 19.0 Å². The van der Waals surface area contributed by atoms with Crippen molar-refractivity contribution in [3.8, 4) is 5.75 Å². The summed E-state index contributed by atoms with van der Waals surface area (Å²) in [5.41, 5.74) is 4.39. The number of hydrogen-bond donors (Lipinski definition) is 3. The predicted octanol–water partition coefficient (Wildman–Crippen LogP) is 3.42. The highest BCUT2D eigenvalue weighted by Crippen LogP contribution is 2.25. The van der Waals surface area contributed by atoms with Gasteiger partial charge in [-0.1, -0.05) is 30.0 Å². The minimum absolute atomic E-state index is 0.0885. The molecule has 0 fully saturated rings. The van der Waals surface area contributed by atoms with E-state index in [1.54, 1.807) is 14.0 Å². The molecule has 2 amide bonds. The summed E-state index contributed by atoms with van der Waals surface area (Å²) < 4.78 is 5.21. The Morgan fingerprint density at radius 3 is 2.62 bits per heavy atom. The Morgan fingerprint density at radius 1 is 1.21 bits per heavy atom. The number of aryl methyl sites for hydroxylation is 2. The van der Waals surface area contributed by atoms with Crippen molar-refractivity contribution in [1.82, 2.24) is 15.3 Å². The van der Waals surface area contributed by atoms with Gasteiger partial charge in [-0.2, -0.15) is 0 Å². The molecule has 3 N–H and O–H groups in total. The van der Waals surface area contributed by atoms with Crippen molar-refractivity contribution in [2.24, 2.45) is 0 Å². The smallest absolute Gasteiger partial charge is 0.243 e. The summed E-state index contributed by atoms with van der Waals surface area (Å²) in [5, 5.41) is 5.76. The highest BCUT2D eigenvalue weighted by molar-refractivity contribution is 8.00. The maximum atomic E-state index is 12.4. The molecule has 0 saturated heterocycles. The number of carbonyl (C=O) groups is 2. The minimum Gasteiger partial charge on any atom is -0.497 e. The number of anilines is 1. The number of ether oxygens (including phenoxy) is 1. The molecule has 0 bridgehead atoms. The molecule has 1 heterocycles. The number of H-pyrrole nitrogens is 1. The summed E-state index contributed by atoms with van der Waals surface area (Å²) >= 11 is 1.30. The van der Waals surface area contributed by atoms with Crippen LogP contribution in [-0.2, 0) is 9.59 Å². The Balaban J connectivity index is 1.54. The standard InChI is InChI=1S/C21H24N4O3S/c1-12-6-5-7-13(2)19(12)25-18(26)11-22-20(27)14(3)29-21-23-16-9-8-15(28-4)10-17(16)24-21/h5-10,14H,11H2,1-4H3,(H,22,27)(H,23,24)(H,25,26). The van der Waals surface area contributed by atoms with Crippen LogP contribution >= 0.6 is 11.8 Å². The second kappa shape index (κ2) is 9.00. The van der Waals surface area contributed by atoms with Crippen LogP contribution in [0.25, 0.3) is 11.0 Å². The van der Waals surface area contributed by atoms with E-state index in [4.69, 9.17) is 4.74 Å². The second-order valence-corrected chi connectivity index (χ2v) is 8.05. The third-order valence-electron chi connectivity index (χ3n) is 4.49. The van der Waals surface area contributed by atoms with Gasteiger partial charge in [0, 0.05) is 11.8 Å². The van der Waals surface area contributed by atoms with Gasteiger partial charge in [0.25, 0.3) is 0 Å². The number of fused-ring (bicyclic) bond motifs is 1. The zero-order valence-corrected chi connectivity index (χ0v) is 17.6. The molecular formula is C21H24N4O3S. The van der Waals surface area contributed by atoms with E-state index in [9.17, 15) is 9.59 Å². The zero-order chi connectivity index (χ0) is 21.0. The van der Waals surface area contributed by atoms with Crippen LogP contribution in [0.3, 0.4) is 0 Å². The van der Waals surface area contributed by atoms with Crippen LogP contribution in [0.2, 0.25) is 0 Å². The van der Waals surface area contributed by atoms with E-state index < -0.39 is 5.25 Å². The molecule has 8 heteroatoms. The van der Waals surface area contributed by atoms with Gasteiger partial charge in [0.1, 0.15) is 5.75 Å². The minimum atomic E-state index is -0.412. The number of imidazole rings is 1. The summed E-state index contributed by atoms with van der Waals surface area (Å²) in [4.78, 5) is 32.2. The quantitative estimate of drug-likeness (QED) is 0.517. The Labute approximate surface area is 173 Å². The molecular weight excluding hydrogens is 388 g/mol. The molecule has 0 spiro atoms. The Bertz CT molecular complexity index is 1030. The molecule has 0 radical (unpaired) electrons. The van der Waals surface area contributed by atoms with Gasteiger partial charge in [-0.15, -0.1) is 0 Å². The summed E-state index contributed by atoms with van der Waals surface area (Å²) in [6.07, 6.45) is 0.